The van der Waals surface area contributed by atoms with Crippen molar-refractivity contribution in [1.82, 2.24) is 14.5 Å². The van der Waals surface area contributed by atoms with Gasteiger partial charge in [-0.3, -0.25) is 9.59 Å². The van der Waals surface area contributed by atoms with Gasteiger partial charge in [-0.25, -0.2) is 8.42 Å². The van der Waals surface area contributed by atoms with Gasteiger partial charge in [0.1, 0.15) is 6.04 Å². The molecule has 7 nitrogen and oxygen atoms in total. The van der Waals surface area contributed by atoms with Crippen LogP contribution in [0.15, 0.2) is 71.6 Å². The maximum absolute atomic E-state index is 13.6. The number of hydrogen-bond donors (Lipinski definition) is 1. The van der Waals surface area contributed by atoms with Gasteiger partial charge >= 0.3 is 0 Å². The van der Waals surface area contributed by atoms with Crippen molar-refractivity contribution in [1.29, 1.82) is 0 Å². The number of rotatable bonds is 11. The maximum atomic E-state index is 13.6. The Bertz CT molecular complexity index is 1340. The summed E-state index contributed by atoms with van der Waals surface area (Å²) >= 11 is 0. The van der Waals surface area contributed by atoms with Crippen molar-refractivity contribution in [3.05, 3.63) is 77.9 Å². The Labute approximate surface area is 220 Å². The first kappa shape index (κ1) is 28.3. The number of likely N-dealkylation sites (N-methyl/N-ethyl adjacent to an activating group) is 1. The van der Waals surface area contributed by atoms with Crippen LogP contribution in [-0.4, -0.2) is 55.6 Å². The summed E-state index contributed by atoms with van der Waals surface area (Å²) in [5.41, 5.74) is 1.96. The van der Waals surface area contributed by atoms with Crippen LogP contribution in [-0.2, 0) is 26.2 Å². The third-order valence-corrected chi connectivity index (χ3v) is 8.13. The van der Waals surface area contributed by atoms with Gasteiger partial charge in [0.25, 0.3) is 0 Å². The average molecular weight is 524 g/mol. The van der Waals surface area contributed by atoms with E-state index in [0.717, 1.165) is 26.2 Å². The van der Waals surface area contributed by atoms with Gasteiger partial charge in [-0.2, -0.15) is 4.31 Å². The number of aryl methyl sites for hydroxylation is 1. The molecular formula is C29H37N3O4S. The number of amides is 2. The second-order valence-corrected chi connectivity index (χ2v) is 11.9. The van der Waals surface area contributed by atoms with Crippen LogP contribution in [0.5, 0.6) is 0 Å². The Kier molecular flexibility index (Phi) is 9.45. The molecule has 3 aromatic carbocycles. The molecule has 3 aromatic rings. The van der Waals surface area contributed by atoms with Crippen molar-refractivity contribution in [3.8, 4) is 0 Å². The van der Waals surface area contributed by atoms with Gasteiger partial charge in [-0.15, -0.1) is 0 Å². The summed E-state index contributed by atoms with van der Waals surface area (Å²) in [5, 5.41) is 4.66. The number of carbonyl (C=O) groups excluding carboxylic acids is 2. The topological polar surface area (TPSA) is 86.8 Å². The zero-order valence-electron chi connectivity index (χ0n) is 22.3. The molecule has 37 heavy (non-hydrogen) atoms. The van der Waals surface area contributed by atoms with Crippen LogP contribution in [0.2, 0.25) is 0 Å². The van der Waals surface area contributed by atoms with E-state index >= 15 is 0 Å². The van der Waals surface area contributed by atoms with Gasteiger partial charge in [-0.1, -0.05) is 80.9 Å². The monoisotopic (exact) mass is 523 g/mol. The molecule has 0 fully saturated rings. The molecule has 1 unspecified atom stereocenters. The minimum Gasteiger partial charge on any atom is -0.354 e. The fraction of sp³-hybridized carbons (Fsp3) is 0.379. The van der Waals surface area contributed by atoms with Crippen molar-refractivity contribution in [3.63, 3.8) is 0 Å². The maximum Gasteiger partial charge on any atom is 0.243 e. The van der Waals surface area contributed by atoms with Crippen LogP contribution in [0.1, 0.15) is 38.3 Å². The fourth-order valence-electron chi connectivity index (χ4n) is 4.11. The average Bonchev–Trinajstić information content (AvgIpc) is 2.87. The van der Waals surface area contributed by atoms with E-state index in [-0.39, 0.29) is 29.8 Å². The van der Waals surface area contributed by atoms with Crippen molar-refractivity contribution in [2.24, 2.45) is 5.92 Å². The second kappa shape index (κ2) is 12.3. The summed E-state index contributed by atoms with van der Waals surface area (Å²) in [4.78, 5) is 28.3. The smallest absolute Gasteiger partial charge is 0.243 e. The molecular weight excluding hydrogens is 486 g/mol. The fourth-order valence-corrected chi connectivity index (χ4v) is 5.26. The van der Waals surface area contributed by atoms with E-state index in [2.05, 4.69) is 5.32 Å². The molecule has 3 rings (SSSR count). The predicted octanol–water partition coefficient (Wildman–Crippen LogP) is 4.35. The molecule has 0 saturated heterocycles. The second-order valence-electron chi connectivity index (χ2n) is 9.84. The molecule has 0 aliphatic rings. The van der Waals surface area contributed by atoms with E-state index in [4.69, 9.17) is 0 Å². The molecule has 198 valence electrons. The summed E-state index contributed by atoms with van der Waals surface area (Å²) in [6.45, 7) is 8.16. The lowest BCUT2D eigenvalue weighted by Crippen LogP contribution is -2.52. The molecule has 0 heterocycles. The van der Waals surface area contributed by atoms with E-state index in [9.17, 15) is 18.0 Å². The lowest BCUT2D eigenvalue weighted by atomic mass is 10.1. The summed E-state index contributed by atoms with van der Waals surface area (Å²) in [6, 6.07) is 19.5. The van der Waals surface area contributed by atoms with Crippen molar-refractivity contribution in [2.45, 2.75) is 51.6 Å². The van der Waals surface area contributed by atoms with Gasteiger partial charge in [-0.05, 0) is 47.7 Å². The Balaban J connectivity index is 1.86. The van der Waals surface area contributed by atoms with Crippen LogP contribution in [0.25, 0.3) is 10.8 Å². The van der Waals surface area contributed by atoms with E-state index < -0.39 is 22.0 Å². The zero-order chi connectivity index (χ0) is 27.2. The molecule has 1 N–H and O–H groups in total. The number of hydrogen-bond acceptors (Lipinski definition) is 4. The highest BCUT2D eigenvalue weighted by Gasteiger charge is 2.31. The summed E-state index contributed by atoms with van der Waals surface area (Å²) in [7, 11) is -2.53. The zero-order valence-corrected chi connectivity index (χ0v) is 23.1. The molecule has 8 heteroatoms. The first-order valence-corrected chi connectivity index (χ1v) is 14.0. The molecule has 2 amide bonds. The Hall–Kier alpha value is -3.23. The largest absolute Gasteiger partial charge is 0.354 e. The SMILES string of the molecule is CCC(C(=O)NCC(C)C)N(Cc1ccc(C)cc1)C(=O)CN(C)S(=O)(=O)c1ccc2ccccc2c1. The Morgan fingerprint density at radius 3 is 2.22 bits per heavy atom. The van der Waals surface area contributed by atoms with Gasteiger partial charge in [0.05, 0.1) is 11.4 Å². The van der Waals surface area contributed by atoms with Crippen LogP contribution >= 0.6 is 0 Å². The van der Waals surface area contributed by atoms with Gasteiger partial charge in [0.15, 0.2) is 0 Å². The summed E-state index contributed by atoms with van der Waals surface area (Å²) in [5.74, 6) is -0.406. The molecule has 1 atom stereocenters. The normalized spacial score (nSPS) is 12.6. The van der Waals surface area contributed by atoms with Gasteiger partial charge < -0.3 is 10.2 Å². The minimum atomic E-state index is -3.93. The van der Waals surface area contributed by atoms with E-state index in [0.29, 0.717) is 13.0 Å². The van der Waals surface area contributed by atoms with E-state index in [1.807, 2.05) is 76.2 Å². The molecule has 0 aromatic heterocycles. The third-order valence-electron chi connectivity index (χ3n) is 6.33. The number of nitrogens with zero attached hydrogens (tertiary/aromatic N) is 2. The first-order chi connectivity index (χ1) is 17.5. The number of nitrogens with one attached hydrogen (secondary N) is 1. The predicted molar refractivity (Wildman–Crippen MR) is 147 cm³/mol. The standard InChI is InChI=1S/C29H37N3O4S/c1-6-27(29(34)30-18-21(2)3)32(19-23-13-11-22(4)12-14-23)28(33)20-31(5)37(35,36)26-16-15-24-9-7-8-10-25(24)17-26/h7-17,21,27H,6,18-20H2,1-5H3,(H,30,34). The van der Waals surface area contributed by atoms with E-state index in [1.54, 1.807) is 18.2 Å². The van der Waals surface area contributed by atoms with Crippen LogP contribution in [0.3, 0.4) is 0 Å². The molecule has 0 bridgehead atoms. The van der Waals surface area contributed by atoms with Crippen LogP contribution in [0.4, 0.5) is 0 Å². The highest BCUT2D eigenvalue weighted by molar-refractivity contribution is 7.89. The molecule has 0 saturated carbocycles. The first-order valence-electron chi connectivity index (χ1n) is 12.6. The summed E-state index contributed by atoms with van der Waals surface area (Å²) in [6.07, 6.45) is 0.405. The summed E-state index contributed by atoms with van der Waals surface area (Å²) < 4.78 is 27.8. The lowest BCUT2D eigenvalue weighted by Gasteiger charge is -2.32. The molecule has 0 aliphatic carbocycles. The van der Waals surface area contributed by atoms with Crippen LogP contribution < -0.4 is 5.32 Å². The van der Waals surface area contributed by atoms with Crippen molar-refractivity contribution < 1.29 is 18.0 Å². The highest BCUT2D eigenvalue weighted by atomic mass is 32.2. The number of benzene rings is 3. The van der Waals surface area contributed by atoms with Crippen molar-refractivity contribution in [2.75, 3.05) is 20.1 Å². The third kappa shape index (κ3) is 7.17. The quantitative estimate of drug-likeness (QED) is 0.405. The molecule has 0 aliphatic heterocycles. The minimum absolute atomic E-state index is 0.119. The van der Waals surface area contributed by atoms with Crippen LogP contribution in [0, 0.1) is 12.8 Å². The van der Waals surface area contributed by atoms with Gasteiger partial charge in [0.2, 0.25) is 21.8 Å². The highest BCUT2D eigenvalue weighted by Crippen LogP contribution is 2.22. The number of sulfonamides is 1. The Morgan fingerprint density at radius 2 is 1.59 bits per heavy atom. The van der Waals surface area contributed by atoms with E-state index in [1.165, 1.54) is 11.9 Å². The number of fused-ring (bicyclic) bond motifs is 1. The lowest BCUT2D eigenvalue weighted by molar-refractivity contribution is -0.141. The number of carbonyl (C=O) groups is 2. The van der Waals surface area contributed by atoms with Crippen molar-refractivity contribution >= 4 is 32.6 Å². The Morgan fingerprint density at radius 1 is 0.946 bits per heavy atom. The van der Waals surface area contributed by atoms with Gasteiger partial charge in [0, 0.05) is 20.1 Å². The molecule has 0 spiro atoms. The molecule has 0 radical (unpaired) electrons.